The van der Waals surface area contributed by atoms with Crippen molar-refractivity contribution in [2.24, 2.45) is 0 Å². The van der Waals surface area contributed by atoms with Crippen molar-refractivity contribution in [3.8, 4) is 0 Å². The standard InChI is InChI=1S/C10H22N2O4/c1-7-9(3,4)11-13-15-12(16-14-11)10(5,6)8-2/h7-8H2,1-6H3. The molecule has 6 nitrogen and oxygen atoms in total. The van der Waals surface area contributed by atoms with E-state index >= 15 is 0 Å². The zero-order valence-electron chi connectivity index (χ0n) is 10.9. The van der Waals surface area contributed by atoms with Gasteiger partial charge in [-0.1, -0.05) is 33.8 Å². The lowest BCUT2D eigenvalue weighted by Crippen LogP contribution is -2.54. The van der Waals surface area contributed by atoms with Gasteiger partial charge in [0, 0.05) is 10.5 Å². The summed E-state index contributed by atoms with van der Waals surface area (Å²) in [6.07, 6.45) is 1.66. The van der Waals surface area contributed by atoms with Crippen LogP contribution in [0.3, 0.4) is 0 Å². The van der Waals surface area contributed by atoms with Gasteiger partial charge in [-0.25, -0.2) is 0 Å². The van der Waals surface area contributed by atoms with Crippen LogP contribution in [0.25, 0.3) is 0 Å². The van der Waals surface area contributed by atoms with E-state index in [2.05, 4.69) is 0 Å². The van der Waals surface area contributed by atoms with Gasteiger partial charge in [0.1, 0.15) is 0 Å². The molecule has 16 heavy (non-hydrogen) atoms. The maximum absolute atomic E-state index is 5.05. The Morgan fingerprint density at radius 2 is 0.938 bits per heavy atom. The van der Waals surface area contributed by atoms with Crippen molar-refractivity contribution in [1.82, 2.24) is 10.5 Å². The molecule has 0 atom stereocenters. The number of hydrogen-bond acceptors (Lipinski definition) is 6. The van der Waals surface area contributed by atoms with Gasteiger partial charge in [0.2, 0.25) is 0 Å². The summed E-state index contributed by atoms with van der Waals surface area (Å²) in [7, 11) is 0. The van der Waals surface area contributed by atoms with Crippen LogP contribution in [0, 0.1) is 0 Å². The molecule has 96 valence electrons. The molecule has 0 unspecified atom stereocenters. The Morgan fingerprint density at radius 3 is 1.12 bits per heavy atom. The molecule has 0 amide bonds. The maximum Gasteiger partial charge on any atom is 0.0741 e. The predicted octanol–water partition coefficient (Wildman–Crippen LogP) is 2.54. The van der Waals surface area contributed by atoms with E-state index in [1.54, 1.807) is 0 Å². The molecule has 6 heteroatoms. The van der Waals surface area contributed by atoms with Crippen molar-refractivity contribution in [2.45, 2.75) is 65.5 Å². The third-order valence-corrected chi connectivity index (χ3v) is 3.06. The summed E-state index contributed by atoms with van der Waals surface area (Å²) in [5, 5.41) is 2.41. The molecule has 1 rings (SSSR count). The summed E-state index contributed by atoms with van der Waals surface area (Å²) in [5.74, 6) is 0. The smallest absolute Gasteiger partial charge is 0.0741 e. The van der Waals surface area contributed by atoms with E-state index in [4.69, 9.17) is 20.0 Å². The molecule has 0 aromatic rings. The molecular formula is C10H22N2O4. The fourth-order valence-corrected chi connectivity index (χ4v) is 0.808. The van der Waals surface area contributed by atoms with E-state index in [0.717, 1.165) is 12.8 Å². The minimum Gasteiger partial charge on any atom is -0.0894 e. The first-order chi connectivity index (χ1) is 7.33. The van der Waals surface area contributed by atoms with Crippen LogP contribution < -0.4 is 0 Å². The van der Waals surface area contributed by atoms with Gasteiger partial charge in [-0.2, -0.15) is 0 Å². The monoisotopic (exact) mass is 234 g/mol. The first-order valence-electron chi connectivity index (χ1n) is 5.63. The van der Waals surface area contributed by atoms with E-state index in [9.17, 15) is 0 Å². The minimum absolute atomic E-state index is 0.317. The molecule has 0 aromatic heterocycles. The van der Waals surface area contributed by atoms with Crippen LogP contribution in [0.2, 0.25) is 0 Å². The number of hydrogen-bond donors (Lipinski definition) is 0. The zero-order valence-corrected chi connectivity index (χ0v) is 10.9. The molecule has 0 spiro atoms. The summed E-state index contributed by atoms with van der Waals surface area (Å²) in [5.41, 5.74) is -0.634. The molecule has 1 fully saturated rings. The molecular weight excluding hydrogens is 212 g/mol. The highest BCUT2D eigenvalue weighted by molar-refractivity contribution is 4.71. The van der Waals surface area contributed by atoms with Crippen molar-refractivity contribution < 1.29 is 20.0 Å². The molecule has 0 N–H and O–H groups in total. The van der Waals surface area contributed by atoms with Crippen LogP contribution >= 0.6 is 0 Å². The predicted molar refractivity (Wildman–Crippen MR) is 56.8 cm³/mol. The summed E-state index contributed by atoms with van der Waals surface area (Å²) in [4.78, 5) is 20.2. The first-order valence-corrected chi connectivity index (χ1v) is 5.63. The minimum atomic E-state index is -0.317. The van der Waals surface area contributed by atoms with Crippen LogP contribution in [0.15, 0.2) is 0 Å². The van der Waals surface area contributed by atoms with E-state index in [1.165, 1.54) is 10.5 Å². The Hall–Kier alpha value is -0.240. The van der Waals surface area contributed by atoms with Gasteiger partial charge in [-0.15, -0.1) is 0 Å². The highest BCUT2D eigenvalue weighted by Crippen LogP contribution is 2.28. The maximum atomic E-state index is 5.05. The third kappa shape index (κ3) is 2.91. The fourth-order valence-electron chi connectivity index (χ4n) is 0.808. The normalized spacial score (nSPS) is 21.4. The Morgan fingerprint density at radius 1 is 0.688 bits per heavy atom. The molecule has 0 saturated carbocycles. The summed E-state index contributed by atoms with van der Waals surface area (Å²) in [6, 6.07) is 0. The van der Waals surface area contributed by atoms with Gasteiger partial charge in [-0.3, -0.25) is 0 Å². The number of hydroxylamine groups is 4. The summed E-state index contributed by atoms with van der Waals surface area (Å²) in [6.45, 7) is 11.9. The average molecular weight is 234 g/mol. The van der Waals surface area contributed by atoms with Crippen LogP contribution in [0.4, 0.5) is 0 Å². The number of nitrogens with zero attached hydrogens (tertiary/aromatic N) is 2. The van der Waals surface area contributed by atoms with Gasteiger partial charge < -0.3 is 0 Å². The molecule has 0 aliphatic carbocycles. The topological polar surface area (TPSA) is 43.4 Å². The second-order valence-electron chi connectivity index (χ2n) is 5.14. The van der Waals surface area contributed by atoms with Crippen molar-refractivity contribution >= 4 is 0 Å². The number of rotatable bonds is 4. The van der Waals surface area contributed by atoms with E-state index in [1.807, 2.05) is 41.5 Å². The summed E-state index contributed by atoms with van der Waals surface area (Å²) >= 11 is 0. The molecule has 0 bridgehead atoms. The van der Waals surface area contributed by atoms with Crippen LogP contribution in [-0.2, 0) is 20.0 Å². The second-order valence-corrected chi connectivity index (χ2v) is 5.14. The molecule has 0 aromatic carbocycles. The van der Waals surface area contributed by atoms with E-state index in [-0.39, 0.29) is 11.1 Å². The lowest BCUT2D eigenvalue weighted by molar-refractivity contribution is -0.801. The van der Waals surface area contributed by atoms with E-state index in [0.29, 0.717) is 0 Å². The van der Waals surface area contributed by atoms with Gasteiger partial charge >= 0.3 is 0 Å². The Labute approximate surface area is 96.7 Å². The highest BCUT2D eigenvalue weighted by Gasteiger charge is 2.39. The molecule has 0 radical (unpaired) electrons. The zero-order chi connectivity index (χ0) is 12.4. The van der Waals surface area contributed by atoms with Gasteiger partial charge in [0.05, 0.1) is 11.1 Å². The Bertz CT molecular complexity index is 201. The van der Waals surface area contributed by atoms with Gasteiger partial charge in [0.25, 0.3) is 0 Å². The average Bonchev–Trinajstić information content (AvgIpc) is 2.29. The molecule has 1 aliphatic rings. The highest BCUT2D eigenvalue weighted by atomic mass is 17.6. The van der Waals surface area contributed by atoms with E-state index < -0.39 is 0 Å². The third-order valence-electron chi connectivity index (χ3n) is 3.06. The van der Waals surface area contributed by atoms with Crippen LogP contribution in [-0.4, -0.2) is 21.5 Å². The van der Waals surface area contributed by atoms with Crippen molar-refractivity contribution in [3.05, 3.63) is 0 Å². The Balaban J connectivity index is 2.52. The first kappa shape index (κ1) is 13.8. The second kappa shape index (κ2) is 4.95. The van der Waals surface area contributed by atoms with Crippen molar-refractivity contribution in [1.29, 1.82) is 0 Å². The molecule has 1 heterocycles. The quantitative estimate of drug-likeness (QED) is 0.696. The van der Waals surface area contributed by atoms with Crippen LogP contribution in [0.1, 0.15) is 54.4 Å². The van der Waals surface area contributed by atoms with Crippen molar-refractivity contribution in [2.75, 3.05) is 0 Å². The van der Waals surface area contributed by atoms with Gasteiger partial charge in [-0.05, 0) is 40.5 Å². The molecule has 1 aliphatic heterocycles. The van der Waals surface area contributed by atoms with Crippen molar-refractivity contribution in [3.63, 3.8) is 0 Å². The van der Waals surface area contributed by atoms with Crippen LogP contribution in [0.5, 0.6) is 0 Å². The fraction of sp³-hybridized carbons (Fsp3) is 1.00. The Kier molecular flexibility index (Phi) is 4.28. The SMILES string of the molecule is CCC(C)(C)N1OON(C(C)(C)CC)OO1. The summed E-state index contributed by atoms with van der Waals surface area (Å²) < 4.78 is 0. The molecule has 1 saturated heterocycles. The lowest BCUT2D eigenvalue weighted by Gasteiger charge is -2.40. The lowest BCUT2D eigenvalue weighted by atomic mass is 10.0. The van der Waals surface area contributed by atoms with Gasteiger partial charge in [0.15, 0.2) is 0 Å². The largest absolute Gasteiger partial charge is 0.0894 e.